The van der Waals surface area contributed by atoms with Gasteiger partial charge in [-0.15, -0.1) is 11.8 Å². The summed E-state index contributed by atoms with van der Waals surface area (Å²) in [6, 6.07) is 0. The summed E-state index contributed by atoms with van der Waals surface area (Å²) in [4.78, 5) is 34.9. The molecule has 0 spiro atoms. The zero-order valence-corrected chi connectivity index (χ0v) is 14.1. The number of carboxylic acids is 2. The second-order valence-corrected chi connectivity index (χ2v) is 6.86. The van der Waals surface area contributed by atoms with Gasteiger partial charge >= 0.3 is 11.9 Å². The van der Waals surface area contributed by atoms with Gasteiger partial charge in [0.1, 0.15) is 5.03 Å². The van der Waals surface area contributed by atoms with Crippen molar-refractivity contribution in [2.24, 2.45) is 0 Å². The third kappa shape index (κ3) is 5.89. The molecule has 0 fully saturated rings. The van der Waals surface area contributed by atoms with Crippen LogP contribution >= 0.6 is 11.8 Å². The molecule has 2 rings (SSSR count). The van der Waals surface area contributed by atoms with Crippen LogP contribution in [-0.4, -0.2) is 63.0 Å². The summed E-state index contributed by atoms with van der Waals surface area (Å²) in [7, 11) is -3.41. The molecule has 128 valence electrons. The van der Waals surface area contributed by atoms with E-state index in [2.05, 4.69) is 19.9 Å². The molecule has 0 unspecified atom stereocenters. The largest absolute Gasteiger partial charge is 0.476 e. The van der Waals surface area contributed by atoms with E-state index in [1.165, 1.54) is 24.2 Å². The molecule has 0 aromatic carbocycles. The van der Waals surface area contributed by atoms with E-state index < -0.39 is 21.8 Å². The lowest BCUT2D eigenvalue weighted by molar-refractivity contribution is 0.0679. The predicted molar refractivity (Wildman–Crippen MR) is 82.9 cm³/mol. The lowest BCUT2D eigenvalue weighted by atomic mass is 10.5. The second kappa shape index (κ2) is 8.31. The minimum atomic E-state index is -3.41. The van der Waals surface area contributed by atoms with Gasteiger partial charge < -0.3 is 10.2 Å². The van der Waals surface area contributed by atoms with Crippen molar-refractivity contribution in [1.29, 1.82) is 0 Å². The van der Waals surface area contributed by atoms with Crippen LogP contribution in [-0.2, 0) is 9.84 Å². The average molecular weight is 372 g/mol. The highest BCUT2D eigenvalue weighted by molar-refractivity contribution is 7.98. The molecule has 0 bridgehead atoms. The minimum absolute atomic E-state index is 0.0252. The Morgan fingerprint density at radius 2 is 1.42 bits per heavy atom. The average Bonchev–Trinajstić information content (AvgIpc) is 2.54. The summed E-state index contributed by atoms with van der Waals surface area (Å²) in [6.07, 6.45) is 7.32. The van der Waals surface area contributed by atoms with Crippen LogP contribution in [0.25, 0.3) is 0 Å². The van der Waals surface area contributed by atoms with Gasteiger partial charge in [0.05, 0.1) is 24.8 Å². The highest BCUT2D eigenvalue weighted by Gasteiger charge is 2.11. The maximum atomic E-state index is 10.9. The van der Waals surface area contributed by atoms with Gasteiger partial charge in [0.2, 0.25) is 0 Å². The molecule has 24 heavy (non-hydrogen) atoms. The molecular formula is C12H12N4O6S2. The van der Waals surface area contributed by atoms with Gasteiger partial charge in [-0.3, -0.25) is 0 Å². The Morgan fingerprint density at radius 3 is 1.71 bits per heavy atom. The second-order valence-electron chi connectivity index (χ2n) is 4.07. The number of nitrogens with zero attached hydrogens (tertiary/aromatic N) is 4. The fraction of sp³-hybridized carbons (Fsp3) is 0.167. The predicted octanol–water partition coefficient (Wildman–Crippen LogP) is 0.475. The first-order valence-corrected chi connectivity index (χ1v) is 9.11. The zero-order chi connectivity index (χ0) is 18.3. The number of sulfone groups is 1. The maximum Gasteiger partial charge on any atom is 0.356 e. The molecular weight excluding hydrogens is 360 g/mol. The lowest BCUT2D eigenvalue weighted by Crippen LogP contribution is -2.05. The highest BCUT2D eigenvalue weighted by atomic mass is 32.2. The Labute approximate surface area is 140 Å². The van der Waals surface area contributed by atoms with Gasteiger partial charge in [-0.05, 0) is 6.26 Å². The van der Waals surface area contributed by atoms with E-state index in [0.717, 1.165) is 23.7 Å². The summed E-state index contributed by atoms with van der Waals surface area (Å²) < 4.78 is 21.7. The van der Waals surface area contributed by atoms with Crippen molar-refractivity contribution >= 4 is 33.5 Å². The van der Waals surface area contributed by atoms with E-state index in [9.17, 15) is 18.0 Å². The van der Waals surface area contributed by atoms with Gasteiger partial charge in [0.15, 0.2) is 26.3 Å². The van der Waals surface area contributed by atoms with Crippen molar-refractivity contribution in [2.45, 2.75) is 10.1 Å². The van der Waals surface area contributed by atoms with E-state index in [1.807, 2.05) is 6.26 Å². The Kier molecular flexibility index (Phi) is 6.73. The first-order valence-electron chi connectivity index (χ1n) is 6.00. The molecule has 0 aliphatic heterocycles. The molecule has 10 nitrogen and oxygen atoms in total. The number of aromatic carboxylic acids is 2. The van der Waals surface area contributed by atoms with Crippen LogP contribution in [0.3, 0.4) is 0 Å². The van der Waals surface area contributed by atoms with Crippen LogP contribution in [0, 0.1) is 0 Å². The van der Waals surface area contributed by atoms with Crippen molar-refractivity contribution in [3.63, 3.8) is 0 Å². The molecule has 0 amide bonds. The van der Waals surface area contributed by atoms with Crippen molar-refractivity contribution in [2.75, 3.05) is 12.5 Å². The molecule has 2 N–H and O–H groups in total. The number of rotatable bonds is 4. The SMILES string of the molecule is CS(=O)(=O)c1cnc(C(=O)O)cn1.CSc1cnc(C(=O)O)cn1. The standard InChI is InChI=1S/C6H6N2O4S.C6H6N2O2S/c1-13(11,12)5-3-7-4(2-8-5)6(9)10;1-11-5-3-7-4(2-8-5)6(9)10/h2-3H,1H3,(H,9,10);2-3H,1H3,(H,9,10). The number of carboxylic acid groups (broad SMARTS) is 2. The van der Waals surface area contributed by atoms with E-state index >= 15 is 0 Å². The van der Waals surface area contributed by atoms with Gasteiger partial charge in [0, 0.05) is 6.26 Å². The van der Waals surface area contributed by atoms with Crippen LogP contribution < -0.4 is 0 Å². The fourth-order valence-electron chi connectivity index (χ4n) is 1.15. The molecule has 0 saturated heterocycles. The minimum Gasteiger partial charge on any atom is -0.476 e. The first-order chi connectivity index (χ1) is 11.1. The third-order valence-corrected chi connectivity index (χ3v) is 3.88. The normalized spacial score (nSPS) is 10.4. The van der Waals surface area contributed by atoms with Gasteiger partial charge in [-0.25, -0.2) is 37.9 Å². The number of thioether (sulfide) groups is 1. The van der Waals surface area contributed by atoms with Crippen molar-refractivity contribution < 1.29 is 28.2 Å². The van der Waals surface area contributed by atoms with E-state index in [0.29, 0.717) is 0 Å². The smallest absolute Gasteiger partial charge is 0.356 e. The summed E-state index contributed by atoms with van der Waals surface area (Å²) >= 11 is 1.42. The molecule has 2 heterocycles. The topological polar surface area (TPSA) is 160 Å². The Balaban J connectivity index is 0.000000243. The summed E-state index contributed by atoms with van der Waals surface area (Å²) in [6.45, 7) is 0. The molecule has 0 atom stereocenters. The Bertz CT molecular complexity index is 822. The molecule has 0 radical (unpaired) electrons. The van der Waals surface area contributed by atoms with Gasteiger partial charge in [0.25, 0.3) is 0 Å². The van der Waals surface area contributed by atoms with E-state index in [-0.39, 0.29) is 16.4 Å². The number of aromatic nitrogens is 4. The Hall–Kier alpha value is -2.60. The molecule has 0 saturated carbocycles. The van der Waals surface area contributed by atoms with Crippen LogP contribution in [0.5, 0.6) is 0 Å². The fourth-order valence-corrected chi connectivity index (χ4v) is 1.95. The molecule has 12 heteroatoms. The molecule has 0 aliphatic rings. The van der Waals surface area contributed by atoms with Crippen LogP contribution in [0.2, 0.25) is 0 Å². The van der Waals surface area contributed by atoms with Crippen molar-refractivity contribution in [3.8, 4) is 0 Å². The summed E-state index contributed by atoms with van der Waals surface area (Å²) in [5.74, 6) is -2.29. The van der Waals surface area contributed by atoms with Crippen LogP contribution in [0.4, 0.5) is 0 Å². The summed E-state index contributed by atoms with van der Waals surface area (Å²) in [5.41, 5.74) is -0.310. The van der Waals surface area contributed by atoms with Crippen molar-refractivity contribution in [3.05, 3.63) is 36.2 Å². The van der Waals surface area contributed by atoms with Crippen molar-refractivity contribution in [1.82, 2.24) is 19.9 Å². The van der Waals surface area contributed by atoms with Crippen LogP contribution in [0.1, 0.15) is 21.0 Å². The number of hydrogen-bond acceptors (Lipinski definition) is 9. The van der Waals surface area contributed by atoms with Crippen LogP contribution in [0.15, 0.2) is 34.8 Å². The zero-order valence-electron chi connectivity index (χ0n) is 12.4. The molecule has 2 aromatic rings. The van der Waals surface area contributed by atoms with E-state index in [4.69, 9.17) is 10.2 Å². The highest BCUT2D eigenvalue weighted by Crippen LogP contribution is 2.08. The monoisotopic (exact) mass is 372 g/mol. The number of carbonyl (C=O) groups is 2. The lowest BCUT2D eigenvalue weighted by Gasteiger charge is -1.96. The Morgan fingerprint density at radius 1 is 0.917 bits per heavy atom. The number of hydrogen-bond donors (Lipinski definition) is 2. The van der Waals surface area contributed by atoms with Gasteiger partial charge in [-0.2, -0.15) is 0 Å². The first kappa shape index (κ1) is 19.4. The quantitative estimate of drug-likeness (QED) is 0.718. The molecule has 0 aliphatic carbocycles. The summed E-state index contributed by atoms with van der Waals surface area (Å²) in [5, 5.41) is 17.3. The third-order valence-electron chi connectivity index (χ3n) is 2.28. The van der Waals surface area contributed by atoms with E-state index in [1.54, 1.807) is 0 Å². The molecule has 2 aromatic heterocycles. The maximum absolute atomic E-state index is 10.9. The van der Waals surface area contributed by atoms with Gasteiger partial charge in [-0.1, -0.05) is 0 Å².